The first kappa shape index (κ1) is 20.7. The van der Waals surface area contributed by atoms with Gasteiger partial charge < -0.3 is 14.8 Å². The fourth-order valence-corrected chi connectivity index (χ4v) is 3.63. The molecule has 0 spiro atoms. The molecular formula is C17H26Cl2N6O. The molecule has 4 rings (SSSR count). The lowest BCUT2D eigenvalue weighted by atomic mass is 9.96. The van der Waals surface area contributed by atoms with Crippen LogP contribution in [0.2, 0.25) is 0 Å². The van der Waals surface area contributed by atoms with Gasteiger partial charge in [0.2, 0.25) is 0 Å². The highest BCUT2D eigenvalue weighted by atomic mass is 35.5. The minimum absolute atomic E-state index is 0. The number of hydrogen-bond acceptors (Lipinski definition) is 4. The molecular weight excluding hydrogens is 375 g/mol. The van der Waals surface area contributed by atoms with Gasteiger partial charge in [-0.05, 0) is 24.8 Å². The van der Waals surface area contributed by atoms with Gasteiger partial charge in [0.25, 0.3) is 5.91 Å². The molecule has 1 fully saturated rings. The van der Waals surface area contributed by atoms with Crippen LogP contribution in [0.15, 0.2) is 24.7 Å². The van der Waals surface area contributed by atoms with Crippen LogP contribution in [-0.4, -0.2) is 56.3 Å². The lowest BCUT2D eigenvalue weighted by molar-refractivity contribution is 0.0675. The molecule has 0 atom stereocenters. The van der Waals surface area contributed by atoms with E-state index in [1.807, 2.05) is 34.2 Å². The summed E-state index contributed by atoms with van der Waals surface area (Å²) in [5.74, 6) is 1.71. The Bertz CT molecular complexity index is 671. The minimum atomic E-state index is 0. The number of carbonyl (C=O) groups excluding carboxylic acids is 1. The molecule has 0 unspecified atom stereocenters. The lowest BCUT2D eigenvalue weighted by Gasteiger charge is -2.31. The van der Waals surface area contributed by atoms with Crippen molar-refractivity contribution < 1.29 is 4.79 Å². The highest BCUT2D eigenvalue weighted by Crippen LogP contribution is 2.20. The Labute approximate surface area is 166 Å². The van der Waals surface area contributed by atoms with Gasteiger partial charge >= 0.3 is 0 Å². The minimum Gasteiger partial charge on any atom is -0.337 e. The van der Waals surface area contributed by atoms with Gasteiger partial charge in [0.1, 0.15) is 11.5 Å². The van der Waals surface area contributed by atoms with Crippen molar-refractivity contribution in [1.29, 1.82) is 0 Å². The van der Waals surface area contributed by atoms with Crippen LogP contribution in [0, 0.1) is 5.92 Å². The molecule has 1 N–H and O–H groups in total. The van der Waals surface area contributed by atoms with Crippen molar-refractivity contribution >= 4 is 30.7 Å². The standard InChI is InChI=1S/C17H24N6O.2ClH/c24-17(15-13-22-11-7-18-6-2-16(22)20-15)21-9-3-14(4-10-21)12-23-8-1-5-19-23;;/h1,5,8,13-14,18H,2-4,6-7,9-12H2;2*1H. The maximum atomic E-state index is 12.7. The normalized spacial score (nSPS) is 17.6. The number of aromatic nitrogens is 4. The molecule has 0 saturated carbocycles. The number of hydrogen-bond donors (Lipinski definition) is 1. The average Bonchev–Trinajstić information content (AvgIpc) is 3.20. The van der Waals surface area contributed by atoms with Crippen LogP contribution >= 0.6 is 24.8 Å². The summed E-state index contributed by atoms with van der Waals surface area (Å²) in [6, 6.07) is 1.96. The van der Waals surface area contributed by atoms with Gasteiger partial charge in [-0.2, -0.15) is 5.10 Å². The fraction of sp³-hybridized carbons (Fsp3) is 0.588. The van der Waals surface area contributed by atoms with Crippen LogP contribution in [0.25, 0.3) is 0 Å². The van der Waals surface area contributed by atoms with E-state index in [0.717, 1.165) is 64.4 Å². The van der Waals surface area contributed by atoms with Gasteiger partial charge in [-0.3, -0.25) is 9.48 Å². The van der Waals surface area contributed by atoms with E-state index in [9.17, 15) is 4.79 Å². The Kier molecular flexibility index (Phi) is 7.49. The number of nitrogens with one attached hydrogen (secondary N) is 1. The van der Waals surface area contributed by atoms with Crippen molar-refractivity contribution in [3.05, 3.63) is 36.2 Å². The van der Waals surface area contributed by atoms with E-state index in [-0.39, 0.29) is 30.7 Å². The Hall–Kier alpha value is -1.57. The van der Waals surface area contributed by atoms with E-state index >= 15 is 0 Å². The number of halogens is 2. The molecule has 1 saturated heterocycles. The van der Waals surface area contributed by atoms with Crippen LogP contribution in [0.3, 0.4) is 0 Å². The second-order valence-electron chi connectivity index (χ2n) is 6.70. The summed E-state index contributed by atoms with van der Waals surface area (Å²) < 4.78 is 4.11. The molecule has 2 aliphatic heterocycles. The van der Waals surface area contributed by atoms with E-state index in [0.29, 0.717) is 11.6 Å². The maximum absolute atomic E-state index is 12.7. The summed E-state index contributed by atoms with van der Waals surface area (Å²) in [6.45, 7) is 5.34. The van der Waals surface area contributed by atoms with E-state index in [1.54, 1.807) is 0 Å². The summed E-state index contributed by atoms with van der Waals surface area (Å²) >= 11 is 0. The van der Waals surface area contributed by atoms with E-state index in [4.69, 9.17) is 0 Å². The van der Waals surface area contributed by atoms with Crippen molar-refractivity contribution in [3.8, 4) is 0 Å². The zero-order valence-electron chi connectivity index (χ0n) is 14.7. The maximum Gasteiger partial charge on any atom is 0.274 e. The molecule has 9 heteroatoms. The van der Waals surface area contributed by atoms with Crippen molar-refractivity contribution in [2.24, 2.45) is 5.92 Å². The molecule has 26 heavy (non-hydrogen) atoms. The van der Waals surface area contributed by atoms with Crippen LogP contribution in [0.4, 0.5) is 0 Å². The zero-order chi connectivity index (χ0) is 16.4. The third-order valence-corrected chi connectivity index (χ3v) is 5.04. The molecule has 4 heterocycles. The van der Waals surface area contributed by atoms with Gasteiger partial charge in [0.05, 0.1) is 0 Å². The second-order valence-corrected chi connectivity index (χ2v) is 6.70. The number of likely N-dealkylation sites (tertiary alicyclic amines) is 1. The summed E-state index contributed by atoms with van der Waals surface area (Å²) in [4.78, 5) is 19.3. The lowest BCUT2D eigenvalue weighted by Crippen LogP contribution is -2.39. The Morgan fingerprint density at radius 2 is 2.00 bits per heavy atom. The summed E-state index contributed by atoms with van der Waals surface area (Å²) in [7, 11) is 0. The second kappa shape index (κ2) is 9.39. The van der Waals surface area contributed by atoms with Gasteiger partial charge in [0.15, 0.2) is 0 Å². The van der Waals surface area contributed by atoms with Crippen molar-refractivity contribution in [2.75, 3.05) is 26.2 Å². The Morgan fingerprint density at radius 3 is 2.73 bits per heavy atom. The third kappa shape index (κ3) is 4.58. The van der Waals surface area contributed by atoms with Crippen LogP contribution < -0.4 is 5.32 Å². The molecule has 7 nitrogen and oxygen atoms in total. The number of amides is 1. The average molecular weight is 401 g/mol. The monoisotopic (exact) mass is 400 g/mol. The van der Waals surface area contributed by atoms with E-state index < -0.39 is 0 Å². The predicted octanol–water partition coefficient (Wildman–Crippen LogP) is 1.62. The molecule has 2 aliphatic rings. The molecule has 2 aromatic rings. The first-order valence-corrected chi connectivity index (χ1v) is 8.83. The SMILES string of the molecule is Cl.Cl.O=C(c1cn2c(n1)CCNCC2)N1CCC(Cn2cccn2)CC1. The molecule has 0 radical (unpaired) electrons. The van der Waals surface area contributed by atoms with Crippen molar-refractivity contribution in [3.63, 3.8) is 0 Å². The number of imidazole rings is 1. The quantitative estimate of drug-likeness (QED) is 0.849. The predicted molar refractivity (Wildman–Crippen MR) is 104 cm³/mol. The molecule has 1 amide bonds. The van der Waals surface area contributed by atoms with Gasteiger partial charge in [-0.15, -0.1) is 24.8 Å². The first-order chi connectivity index (χ1) is 11.8. The number of fused-ring (bicyclic) bond motifs is 1. The van der Waals surface area contributed by atoms with Crippen LogP contribution in [0.1, 0.15) is 29.2 Å². The smallest absolute Gasteiger partial charge is 0.274 e. The first-order valence-electron chi connectivity index (χ1n) is 8.83. The molecule has 2 aromatic heterocycles. The van der Waals surface area contributed by atoms with Crippen LogP contribution in [-0.2, 0) is 19.5 Å². The van der Waals surface area contributed by atoms with E-state index in [1.165, 1.54) is 0 Å². The topological polar surface area (TPSA) is 68.0 Å². The Balaban J connectivity index is 0.00000121. The number of nitrogens with zero attached hydrogens (tertiary/aromatic N) is 5. The molecule has 144 valence electrons. The number of rotatable bonds is 3. The Morgan fingerprint density at radius 1 is 1.19 bits per heavy atom. The summed E-state index contributed by atoms with van der Waals surface area (Å²) in [6.07, 6.45) is 8.70. The largest absolute Gasteiger partial charge is 0.337 e. The highest BCUT2D eigenvalue weighted by molar-refractivity contribution is 5.92. The molecule has 0 bridgehead atoms. The van der Waals surface area contributed by atoms with Gasteiger partial charge in [-0.1, -0.05) is 0 Å². The molecule has 0 aliphatic carbocycles. The zero-order valence-corrected chi connectivity index (χ0v) is 16.3. The molecule has 0 aromatic carbocycles. The van der Waals surface area contributed by atoms with Crippen LogP contribution in [0.5, 0.6) is 0 Å². The number of piperidine rings is 1. The van der Waals surface area contributed by atoms with Crippen molar-refractivity contribution in [1.82, 2.24) is 29.5 Å². The summed E-state index contributed by atoms with van der Waals surface area (Å²) in [5.41, 5.74) is 0.609. The van der Waals surface area contributed by atoms with E-state index in [2.05, 4.69) is 20.0 Å². The summed E-state index contributed by atoms with van der Waals surface area (Å²) in [5, 5.41) is 7.63. The third-order valence-electron chi connectivity index (χ3n) is 5.04. The highest BCUT2D eigenvalue weighted by Gasteiger charge is 2.26. The van der Waals surface area contributed by atoms with Gasteiger partial charge in [0, 0.05) is 64.3 Å². The fourth-order valence-electron chi connectivity index (χ4n) is 3.63. The van der Waals surface area contributed by atoms with Crippen molar-refractivity contribution in [2.45, 2.75) is 32.4 Å². The van der Waals surface area contributed by atoms with Gasteiger partial charge in [-0.25, -0.2) is 4.98 Å². The number of carbonyl (C=O) groups is 1.